The van der Waals surface area contributed by atoms with Crippen molar-refractivity contribution in [2.45, 2.75) is 39.8 Å². The minimum Gasteiger partial charge on any atom is -0.329 e. The highest BCUT2D eigenvalue weighted by Crippen LogP contribution is 2.27. The Morgan fingerprint density at radius 2 is 1.70 bits per heavy atom. The van der Waals surface area contributed by atoms with Gasteiger partial charge in [0.05, 0.1) is 0 Å². The molecule has 0 spiro atoms. The van der Waals surface area contributed by atoms with Crippen LogP contribution in [0.25, 0.3) is 0 Å². The maximum absolute atomic E-state index is 6.13. The zero-order valence-electron chi connectivity index (χ0n) is 14.0. The molecule has 1 aromatic rings. The molecular weight excluding hydrogens is 246 g/mol. The molecule has 2 atom stereocenters. The number of benzene rings is 1. The third kappa shape index (κ3) is 4.05. The van der Waals surface area contributed by atoms with Crippen LogP contribution in [-0.4, -0.2) is 49.6 Å². The second kappa shape index (κ2) is 7.77. The number of hydrogen-bond acceptors (Lipinski definition) is 3. The molecule has 0 aliphatic rings. The van der Waals surface area contributed by atoms with Crippen molar-refractivity contribution in [3.05, 3.63) is 34.9 Å². The zero-order valence-corrected chi connectivity index (χ0v) is 14.0. The first-order chi connectivity index (χ1) is 9.42. The van der Waals surface area contributed by atoms with Gasteiger partial charge < -0.3 is 10.6 Å². The van der Waals surface area contributed by atoms with E-state index in [0.29, 0.717) is 18.6 Å². The van der Waals surface area contributed by atoms with Gasteiger partial charge in [-0.15, -0.1) is 0 Å². The van der Waals surface area contributed by atoms with Gasteiger partial charge in [0.2, 0.25) is 0 Å². The van der Waals surface area contributed by atoms with Crippen LogP contribution in [0.2, 0.25) is 0 Å². The molecule has 2 unspecified atom stereocenters. The average Bonchev–Trinajstić information content (AvgIpc) is 2.36. The molecule has 0 aromatic heterocycles. The molecule has 0 bridgehead atoms. The maximum Gasteiger partial charge on any atom is 0.0478 e. The van der Waals surface area contributed by atoms with Crippen LogP contribution in [0.15, 0.2) is 18.2 Å². The van der Waals surface area contributed by atoms with Gasteiger partial charge in [0, 0.05) is 25.2 Å². The number of hydrogen-bond donors (Lipinski definition) is 1. The lowest BCUT2D eigenvalue weighted by Gasteiger charge is -2.38. The minimum absolute atomic E-state index is 0.302. The van der Waals surface area contributed by atoms with Crippen molar-refractivity contribution in [1.29, 1.82) is 0 Å². The molecule has 0 heterocycles. The van der Waals surface area contributed by atoms with Gasteiger partial charge in [-0.25, -0.2) is 0 Å². The van der Waals surface area contributed by atoms with Crippen molar-refractivity contribution >= 4 is 0 Å². The summed E-state index contributed by atoms with van der Waals surface area (Å²) in [5.74, 6) is 0. The number of likely N-dealkylation sites (N-methyl/N-ethyl adjacent to an activating group) is 2. The molecule has 0 fully saturated rings. The SMILES string of the molecule is CCN(C(C)CN(C)C)C(CN)c1c(C)cccc1C. The Morgan fingerprint density at radius 1 is 1.15 bits per heavy atom. The highest BCUT2D eigenvalue weighted by Gasteiger charge is 2.25. The van der Waals surface area contributed by atoms with E-state index in [9.17, 15) is 0 Å². The molecule has 20 heavy (non-hydrogen) atoms. The largest absolute Gasteiger partial charge is 0.329 e. The van der Waals surface area contributed by atoms with Crippen LogP contribution >= 0.6 is 0 Å². The summed E-state index contributed by atoms with van der Waals surface area (Å²) in [6.07, 6.45) is 0. The van der Waals surface area contributed by atoms with Crippen molar-refractivity contribution in [3.8, 4) is 0 Å². The Kier molecular flexibility index (Phi) is 6.66. The van der Waals surface area contributed by atoms with Gasteiger partial charge in [-0.1, -0.05) is 25.1 Å². The van der Waals surface area contributed by atoms with E-state index in [0.717, 1.165) is 13.1 Å². The van der Waals surface area contributed by atoms with Gasteiger partial charge in [-0.2, -0.15) is 0 Å². The average molecular weight is 277 g/mol. The summed E-state index contributed by atoms with van der Waals surface area (Å²) in [5, 5.41) is 0. The van der Waals surface area contributed by atoms with E-state index in [1.165, 1.54) is 16.7 Å². The van der Waals surface area contributed by atoms with Crippen LogP contribution in [0.5, 0.6) is 0 Å². The highest BCUT2D eigenvalue weighted by atomic mass is 15.2. The molecule has 0 aliphatic heterocycles. The van der Waals surface area contributed by atoms with Crippen molar-refractivity contribution in [1.82, 2.24) is 9.80 Å². The predicted molar refractivity (Wildman–Crippen MR) is 88.1 cm³/mol. The van der Waals surface area contributed by atoms with Crippen LogP contribution < -0.4 is 5.73 Å². The Morgan fingerprint density at radius 3 is 2.10 bits per heavy atom. The first-order valence-corrected chi connectivity index (χ1v) is 7.59. The van der Waals surface area contributed by atoms with Crippen molar-refractivity contribution in [2.24, 2.45) is 5.73 Å². The topological polar surface area (TPSA) is 32.5 Å². The normalized spacial score (nSPS) is 14.8. The van der Waals surface area contributed by atoms with Crippen LogP contribution in [0.1, 0.15) is 36.6 Å². The summed E-state index contributed by atoms with van der Waals surface area (Å²) < 4.78 is 0. The van der Waals surface area contributed by atoms with Crippen LogP contribution in [0, 0.1) is 13.8 Å². The lowest BCUT2D eigenvalue weighted by molar-refractivity contribution is 0.130. The van der Waals surface area contributed by atoms with Gasteiger partial charge in [0.25, 0.3) is 0 Å². The fraction of sp³-hybridized carbons (Fsp3) is 0.647. The molecule has 0 saturated carbocycles. The summed E-state index contributed by atoms with van der Waals surface area (Å²) in [6, 6.07) is 7.30. The van der Waals surface area contributed by atoms with E-state index in [-0.39, 0.29) is 0 Å². The van der Waals surface area contributed by atoms with E-state index < -0.39 is 0 Å². The van der Waals surface area contributed by atoms with Crippen molar-refractivity contribution < 1.29 is 0 Å². The number of nitrogens with two attached hydrogens (primary N) is 1. The standard InChI is InChI=1S/C17H31N3/c1-7-20(15(4)12-19(5)6)16(11-18)17-13(2)9-8-10-14(17)3/h8-10,15-16H,7,11-12,18H2,1-6H3. The van der Waals surface area contributed by atoms with E-state index in [4.69, 9.17) is 5.73 Å². The second-order valence-electron chi connectivity index (χ2n) is 6.00. The monoisotopic (exact) mass is 277 g/mol. The van der Waals surface area contributed by atoms with E-state index >= 15 is 0 Å². The molecule has 1 aromatic carbocycles. The number of nitrogens with zero attached hydrogens (tertiary/aromatic N) is 2. The summed E-state index contributed by atoms with van der Waals surface area (Å²) >= 11 is 0. The molecule has 0 saturated heterocycles. The van der Waals surface area contributed by atoms with Crippen LogP contribution in [0.3, 0.4) is 0 Å². The highest BCUT2D eigenvalue weighted by molar-refractivity contribution is 5.36. The molecule has 3 heteroatoms. The summed E-state index contributed by atoms with van der Waals surface area (Å²) in [5.41, 5.74) is 10.2. The first kappa shape index (κ1) is 17.2. The number of aryl methyl sites for hydroxylation is 2. The molecule has 114 valence electrons. The predicted octanol–water partition coefficient (Wildman–Crippen LogP) is 2.58. The Balaban J connectivity index is 3.09. The molecule has 0 aliphatic carbocycles. The third-order valence-corrected chi connectivity index (χ3v) is 4.06. The molecule has 1 rings (SSSR count). The number of rotatable bonds is 7. The van der Waals surface area contributed by atoms with Gasteiger partial charge in [0.15, 0.2) is 0 Å². The van der Waals surface area contributed by atoms with Crippen LogP contribution in [0.4, 0.5) is 0 Å². The minimum atomic E-state index is 0.302. The van der Waals surface area contributed by atoms with Gasteiger partial charge in [0.1, 0.15) is 0 Å². The summed E-state index contributed by atoms with van der Waals surface area (Å²) in [6.45, 7) is 11.6. The first-order valence-electron chi connectivity index (χ1n) is 7.59. The molecule has 0 radical (unpaired) electrons. The van der Waals surface area contributed by atoms with Crippen LogP contribution in [-0.2, 0) is 0 Å². The van der Waals surface area contributed by atoms with E-state index in [2.05, 4.69) is 69.8 Å². The summed E-state index contributed by atoms with van der Waals surface area (Å²) in [7, 11) is 4.25. The van der Waals surface area contributed by atoms with Gasteiger partial charge >= 0.3 is 0 Å². The van der Waals surface area contributed by atoms with Crippen molar-refractivity contribution in [2.75, 3.05) is 33.7 Å². The zero-order chi connectivity index (χ0) is 15.3. The smallest absolute Gasteiger partial charge is 0.0478 e. The Bertz CT molecular complexity index is 394. The maximum atomic E-state index is 6.13. The second-order valence-corrected chi connectivity index (χ2v) is 6.00. The van der Waals surface area contributed by atoms with E-state index in [1.54, 1.807) is 0 Å². The van der Waals surface area contributed by atoms with Gasteiger partial charge in [-0.05, 0) is 58.1 Å². The molecule has 2 N–H and O–H groups in total. The van der Waals surface area contributed by atoms with Gasteiger partial charge in [-0.3, -0.25) is 4.90 Å². The molecular formula is C17H31N3. The lowest BCUT2D eigenvalue weighted by Crippen LogP contribution is -2.44. The quantitative estimate of drug-likeness (QED) is 0.831. The van der Waals surface area contributed by atoms with E-state index in [1.807, 2.05) is 0 Å². The molecule has 3 nitrogen and oxygen atoms in total. The molecule has 0 amide bonds. The summed E-state index contributed by atoms with van der Waals surface area (Å²) in [4.78, 5) is 4.76. The Labute approximate surface area is 124 Å². The third-order valence-electron chi connectivity index (χ3n) is 4.06. The van der Waals surface area contributed by atoms with Crippen molar-refractivity contribution in [3.63, 3.8) is 0 Å². The Hall–Kier alpha value is -0.900. The fourth-order valence-corrected chi connectivity index (χ4v) is 3.24. The fourth-order valence-electron chi connectivity index (χ4n) is 3.24. The lowest BCUT2D eigenvalue weighted by atomic mass is 9.94.